The van der Waals surface area contributed by atoms with E-state index in [1.54, 1.807) is 23.1 Å². The van der Waals surface area contributed by atoms with E-state index in [4.69, 9.17) is 15.6 Å². The molecular weight excluding hydrogens is 312 g/mol. The van der Waals surface area contributed by atoms with Crippen LogP contribution in [0.15, 0.2) is 22.7 Å². The molecule has 104 valence electrons. The van der Waals surface area contributed by atoms with Crippen molar-refractivity contribution in [2.45, 2.75) is 19.1 Å². The number of nitrogens with two attached hydrogens (primary N) is 1. The van der Waals surface area contributed by atoms with Gasteiger partial charge in [0, 0.05) is 22.3 Å². The van der Waals surface area contributed by atoms with Gasteiger partial charge in [0.15, 0.2) is 0 Å². The molecular formula is C13H17BrN2O3. The summed E-state index contributed by atoms with van der Waals surface area (Å²) in [5, 5.41) is 9.14. The first-order valence-electron chi connectivity index (χ1n) is 6.11. The van der Waals surface area contributed by atoms with E-state index in [9.17, 15) is 4.79 Å². The van der Waals surface area contributed by atoms with Crippen LogP contribution in [0.4, 0.5) is 5.69 Å². The number of aliphatic hydroxyl groups excluding tert-OH is 1. The molecule has 0 saturated carbocycles. The van der Waals surface area contributed by atoms with E-state index >= 15 is 0 Å². The third kappa shape index (κ3) is 3.08. The van der Waals surface area contributed by atoms with E-state index in [1.807, 2.05) is 6.92 Å². The maximum atomic E-state index is 12.5. The molecule has 1 aromatic rings. The molecule has 0 bridgehead atoms. The predicted molar refractivity (Wildman–Crippen MR) is 75.9 cm³/mol. The van der Waals surface area contributed by atoms with Crippen molar-refractivity contribution in [1.29, 1.82) is 0 Å². The van der Waals surface area contributed by atoms with Gasteiger partial charge in [0.25, 0.3) is 5.91 Å². The van der Waals surface area contributed by atoms with Gasteiger partial charge in [-0.25, -0.2) is 0 Å². The summed E-state index contributed by atoms with van der Waals surface area (Å²) >= 11 is 3.32. The van der Waals surface area contributed by atoms with Crippen LogP contribution < -0.4 is 5.73 Å². The first kappa shape index (κ1) is 14.3. The van der Waals surface area contributed by atoms with Crippen LogP contribution >= 0.6 is 15.9 Å². The average Bonchev–Trinajstić information content (AvgIpc) is 2.41. The second-order valence-electron chi connectivity index (χ2n) is 4.68. The summed E-state index contributed by atoms with van der Waals surface area (Å²) < 4.78 is 6.13. The summed E-state index contributed by atoms with van der Waals surface area (Å²) in [6.45, 7) is 2.69. The smallest absolute Gasteiger partial charge is 0.254 e. The first-order chi connectivity index (χ1) is 9.02. The van der Waals surface area contributed by atoms with Gasteiger partial charge in [-0.1, -0.05) is 0 Å². The molecule has 1 aliphatic rings. The largest absolute Gasteiger partial charge is 0.398 e. The molecule has 3 N–H and O–H groups in total. The highest BCUT2D eigenvalue weighted by atomic mass is 79.9. The highest BCUT2D eigenvalue weighted by molar-refractivity contribution is 9.10. The van der Waals surface area contributed by atoms with Crippen molar-refractivity contribution in [2.24, 2.45) is 0 Å². The second-order valence-corrected chi connectivity index (χ2v) is 5.54. The number of anilines is 1. The molecule has 1 heterocycles. The fraction of sp³-hybridized carbons (Fsp3) is 0.462. The normalized spacial score (nSPS) is 23.4. The Morgan fingerprint density at radius 2 is 2.37 bits per heavy atom. The van der Waals surface area contributed by atoms with Crippen molar-refractivity contribution in [1.82, 2.24) is 4.90 Å². The number of amides is 1. The molecule has 1 aliphatic heterocycles. The monoisotopic (exact) mass is 328 g/mol. The number of nitrogen functional groups attached to an aromatic ring is 1. The number of hydrogen-bond donors (Lipinski definition) is 2. The molecule has 1 saturated heterocycles. The summed E-state index contributed by atoms with van der Waals surface area (Å²) in [6, 6.07) is 5.12. The fourth-order valence-electron chi connectivity index (χ4n) is 2.04. The Labute approximate surface area is 120 Å². The predicted octanol–water partition coefficient (Wildman–Crippen LogP) is 1.25. The van der Waals surface area contributed by atoms with Crippen molar-refractivity contribution >= 4 is 27.5 Å². The van der Waals surface area contributed by atoms with Gasteiger partial charge in [-0.2, -0.15) is 0 Å². The van der Waals surface area contributed by atoms with Crippen molar-refractivity contribution in [3.63, 3.8) is 0 Å². The van der Waals surface area contributed by atoms with E-state index in [0.717, 1.165) is 0 Å². The SMILES string of the molecule is CC1COC(CO)CN1C(=O)c1ccc(N)c(Br)c1. The van der Waals surface area contributed by atoms with Gasteiger partial charge in [-0.05, 0) is 41.1 Å². The minimum absolute atomic E-state index is 0.00775. The van der Waals surface area contributed by atoms with E-state index in [2.05, 4.69) is 15.9 Å². The van der Waals surface area contributed by atoms with Crippen molar-refractivity contribution in [3.05, 3.63) is 28.2 Å². The number of benzene rings is 1. The van der Waals surface area contributed by atoms with Crippen molar-refractivity contribution < 1.29 is 14.6 Å². The number of morpholine rings is 1. The maximum absolute atomic E-state index is 12.5. The Balaban J connectivity index is 2.19. The van der Waals surface area contributed by atoms with Gasteiger partial charge in [0.2, 0.25) is 0 Å². The summed E-state index contributed by atoms with van der Waals surface area (Å²) in [6.07, 6.45) is -0.308. The number of halogens is 1. The molecule has 1 fully saturated rings. The van der Waals surface area contributed by atoms with Gasteiger partial charge >= 0.3 is 0 Å². The molecule has 2 atom stereocenters. The van der Waals surface area contributed by atoms with Crippen LogP contribution in [0.3, 0.4) is 0 Å². The number of carbonyl (C=O) groups is 1. The molecule has 1 aromatic carbocycles. The van der Waals surface area contributed by atoms with Gasteiger partial charge in [-0.3, -0.25) is 4.79 Å². The number of hydrogen-bond acceptors (Lipinski definition) is 4. The van der Waals surface area contributed by atoms with E-state index in [0.29, 0.717) is 28.9 Å². The van der Waals surface area contributed by atoms with Crippen LogP contribution in [0.2, 0.25) is 0 Å². The molecule has 19 heavy (non-hydrogen) atoms. The molecule has 0 spiro atoms. The fourth-order valence-corrected chi connectivity index (χ4v) is 2.42. The quantitative estimate of drug-likeness (QED) is 0.801. The minimum Gasteiger partial charge on any atom is -0.398 e. The number of carbonyl (C=O) groups excluding carboxylic acids is 1. The second kappa shape index (κ2) is 5.90. The Hall–Kier alpha value is -1.11. The van der Waals surface area contributed by atoms with Crippen LogP contribution in [0.5, 0.6) is 0 Å². The lowest BCUT2D eigenvalue weighted by atomic mass is 10.1. The van der Waals surface area contributed by atoms with Crippen LogP contribution in [-0.2, 0) is 4.74 Å². The zero-order chi connectivity index (χ0) is 14.0. The maximum Gasteiger partial charge on any atom is 0.254 e. The Bertz CT molecular complexity index is 481. The van der Waals surface area contributed by atoms with Gasteiger partial charge in [0.05, 0.1) is 25.4 Å². The van der Waals surface area contributed by atoms with Crippen LogP contribution in [0, 0.1) is 0 Å². The summed E-state index contributed by atoms with van der Waals surface area (Å²) in [5.41, 5.74) is 6.89. The zero-order valence-electron chi connectivity index (χ0n) is 10.7. The van der Waals surface area contributed by atoms with Crippen LogP contribution in [-0.4, -0.2) is 47.8 Å². The number of ether oxygens (including phenoxy) is 1. The van der Waals surface area contributed by atoms with Gasteiger partial charge < -0.3 is 20.5 Å². The van der Waals surface area contributed by atoms with Crippen molar-refractivity contribution in [2.75, 3.05) is 25.5 Å². The Morgan fingerprint density at radius 1 is 1.63 bits per heavy atom. The van der Waals surface area contributed by atoms with Gasteiger partial charge in [0.1, 0.15) is 0 Å². The third-order valence-corrected chi connectivity index (χ3v) is 3.90. The third-order valence-electron chi connectivity index (χ3n) is 3.22. The van der Waals surface area contributed by atoms with Gasteiger partial charge in [-0.15, -0.1) is 0 Å². The lowest BCUT2D eigenvalue weighted by Gasteiger charge is -2.37. The Morgan fingerprint density at radius 3 is 3.00 bits per heavy atom. The topological polar surface area (TPSA) is 75.8 Å². The minimum atomic E-state index is -0.308. The number of rotatable bonds is 2. The van der Waals surface area contributed by atoms with Crippen LogP contribution in [0.25, 0.3) is 0 Å². The summed E-state index contributed by atoms with van der Waals surface area (Å²) in [7, 11) is 0. The molecule has 0 aromatic heterocycles. The highest BCUT2D eigenvalue weighted by Crippen LogP contribution is 2.23. The number of aliphatic hydroxyl groups is 1. The molecule has 6 heteroatoms. The lowest BCUT2D eigenvalue weighted by Crippen LogP contribution is -2.52. The van der Waals surface area contributed by atoms with Crippen molar-refractivity contribution in [3.8, 4) is 0 Å². The molecule has 2 rings (SSSR count). The molecule has 0 aliphatic carbocycles. The molecule has 0 radical (unpaired) electrons. The van der Waals surface area contributed by atoms with E-state index < -0.39 is 0 Å². The number of nitrogens with zero attached hydrogens (tertiary/aromatic N) is 1. The standard InChI is InChI=1S/C13H17BrN2O3/c1-8-7-19-10(6-17)5-16(8)13(18)9-2-3-12(15)11(14)4-9/h2-4,8,10,17H,5-7,15H2,1H3. The first-order valence-corrected chi connectivity index (χ1v) is 6.90. The molecule has 5 nitrogen and oxygen atoms in total. The highest BCUT2D eigenvalue weighted by Gasteiger charge is 2.29. The van der Waals surface area contributed by atoms with E-state index in [-0.39, 0.29) is 24.7 Å². The lowest BCUT2D eigenvalue weighted by molar-refractivity contribution is -0.0667. The average molecular weight is 329 g/mol. The summed E-state index contributed by atoms with van der Waals surface area (Å²) in [5.74, 6) is -0.0741. The molecule has 1 amide bonds. The van der Waals surface area contributed by atoms with Crippen LogP contribution in [0.1, 0.15) is 17.3 Å². The zero-order valence-corrected chi connectivity index (χ0v) is 12.3. The molecule has 2 unspecified atom stereocenters. The summed E-state index contributed by atoms with van der Waals surface area (Å²) in [4.78, 5) is 14.2. The van der Waals surface area contributed by atoms with E-state index in [1.165, 1.54) is 0 Å². The Kier molecular flexibility index (Phi) is 4.44.